The Hall–Kier alpha value is -2.18. The van der Waals surface area contributed by atoms with Crippen molar-refractivity contribution in [3.05, 3.63) is 47.0 Å². The summed E-state index contributed by atoms with van der Waals surface area (Å²) in [6.07, 6.45) is 4.61. The first-order chi connectivity index (χ1) is 11.1. The van der Waals surface area contributed by atoms with Crippen LogP contribution in [0.2, 0.25) is 5.02 Å². The van der Waals surface area contributed by atoms with Crippen molar-refractivity contribution in [1.82, 2.24) is 19.9 Å². The number of aromatic nitrogens is 4. The van der Waals surface area contributed by atoms with E-state index in [-0.39, 0.29) is 0 Å². The van der Waals surface area contributed by atoms with Crippen LogP contribution in [-0.2, 0) is 5.54 Å². The van der Waals surface area contributed by atoms with Crippen LogP contribution in [0.15, 0.2) is 35.0 Å². The van der Waals surface area contributed by atoms with Crippen molar-refractivity contribution in [1.29, 1.82) is 0 Å². The van der Waals surface area contributed by atoms with E-state index >= 15 is 0 Å². The van der Waals surface area contributed by atoms with Gasteiger partial charge in [-0.2, -0.15) is 10.1 Å². The number of nitrogens with two attached hydrogens (primary N) is 1. The molecule has 0 atom stereocenters. The Morgan fingerprint density at radius 1 is 1.35 bits per heavy atom. The fourth-order valence-electron chi connectivity index (χ4n) is 2.80. The monoisotopic (exact) mass is 329 g/mol. The van der Waals surface area contributed by atoms with E-state index in [0.29, 0.717) is 16.7 Å². The second kappa shape index (κ2) is 5.18. The fourth-order valence-corrected chi connectivity index (χ4v) is 2.99. The molecule has 0 radical (unpaired) electrons. The van der Waals surface area contributed by atoms with Crippen molar-refractivity contribution in [2.75, 3.05) is 0 Å². The van der Waals surface area contributed by atoms with E-state index in [2.05, 4.69) is 15.2 Å². The molecule has 118 valence electrons. The third-order valence-corrected chi connectivity index (χ3v) is 4.65. The van der Waals surface area contributed by atoms with Crippen LogP contribution in [0.3, 0.4) is 0 Å². The Labute approximate surface area is 138 Å². The molecule has 0 saturated heterocycles. The summed E-state index contributed by atoms with van der Waals surface area (Å²) in [6.45, 7) is 1.95. The molecule has 3 aromatic rings. The van der Waals surface area contributed by atoms with E-state index in [9.17, 15) is 0 Å². The average Bonchev–Trinajstić information content (AvgIpc) is 3.11. The quantitative estimate of drug-likeness (QED) is 0.797. The predicted molar refractivity (Wildman–Crippen MR) is 86.3 cm³/mol. The Balaban J connectivity index is 1.71. The first-order valence-electron chi connectivity index (χ1n) is 7.51. The largest absolute Gasteiger partial charge is 0.334 e. The van der Waals surface area contributed by atoms with Crippen LogP contribution in [0.25, 0.3) is 17.1 Å². The van der Waals surface area contributed by atoms with Crippen molar-refractivity contribution in [3.8, 4) is 17.1 Å². The minimum Gasteiger partial charge on any atom is -0.334 e. The SMILES string of the molecule is Cc1c(-c2nc(C3(N)CCC3)no2)cnn1-c1cccc(Cl)c1. The van der Waals surface area contributed by atoms with Crippen LogP contribution in [0.5, 0.6) is 0 Å². The Morgan fingerprint density at radius 2 is 2.17 bits per heavy atom. The van der Waals surface area contributed by atoms with Gasteiger partial charge in [0.1, 0.15) is 0 Å². The first kappa shape index (κ1) is 14.4. The van der Waals surface area contributed by atoms with Gasteiger partial charge in [-0.1, -0.05) is 22.8 Å². The highest BCUT2D eigenvalue weighted by atomic mass is 35.5. The van der Waals surface area contributed by atoms with E-state index in [1.54, 1.807) is 10.9 Å². The molecule has 2 aromatic heterocycles. The van der Waals surface area contributed by atoms with Crippen molar-refractivity contribution in [2.45, 2.75) is 31.7 Å². The summed E-state index contributed by atoms with van der Waals surface area (Å²) in [5.74, 6) is 1.02. The molecule has 1 aliphatic rings. The second-order valence-electron chi connectivity index (χ2n) is 5.97. The van der Waals surface area contributed by atoms with Gasteiger partial charge < -0.3 is 10.3 Å². The van der Waals surface area contributed by atoms with Crippen LogP contribution in [0, 0.1) is 6.92 Å². The maximum Gasteiger partial charge on any atom is 0.261 e. The average molecular weight is 330 g/mol. The highest BCUT2D eigenvalue weighted by Crippen LogP contribution is 2.38. The zero-order valence-electron chi connectivity index (χ0n) is 12.7. The number of halogens is 1. The van der Waals surface area contributed by atoms with Gasteiger partial charge in [0.15, 0.2) is 5.82 Å². The molecular formula is C16H16ClN5O. The number of benzene rings is 1. The molecule has 1 fully saturated rings. The lowest BCUT2D eigenvalue weighted by Crippen LogP contribution is -2.44. The summed E-state index contributed by atoms with van der Waals surface area (Å²) in [5, 5.41) is 9.12. The van der Waals surface area contributed by atoms with E-state index < -0.39 is 5.54 Å². The van der Waals surface area contributed by atoms with Gasteiger partial charge in [0, 0.05) is 5.02 Å². The number of hydrogen-bond acceptors (Lipinski definition) is 5. The lowest BCUT2D eigenvalue weighted by Gasteiger charge is -2.34. The molecule has 0 bridgehead atoms. The summed E-state index contributed by atoms with van der Waals surface area (Å²) in [6, 6.07) is 7.51. The maximum absolute atomic E-state index is 6.25. The van der Waals surface area contributed by atoms with Crippen LogP contribution in [0.4, 0.5) is 0 Å². The lowest BCUT2D eigenvalue weighted by atomic mass is 9.77. The van der Waals surface area contributed by atoms with Gasteiger partial charge in [0.2, 0.25) is 0 Å². The Morgan fingerprint density at radius 3 is 2.87 bits per heavy atom. The number of rotatable bonds is 3. The topological polar surface area (TPSA) is 82.8 Å². The standard InChI is InChI=1S/C16H16ClN5O/c1-10-13(9-19-22(10)12-5-2-4-11(17)8-12)14-20-15(21-23-14)16(18)6-3-7-16/h2,4-5,8-9H,3,6-7,18H2,1H3. The first-order valence-corrected chi connectivity index (χ1v) is 7.89. The van der Waals surface area contributed by atoms with E-state index in [1.807, 2.05) is 31.2 Å². The maximum atomic E-state index is 6.25. The summed E-state index contributed by atoms with van der Waals surface area (Å²) in [5.41, 5.74) is 8.40. The van der Waals surface area contributed by atoms with Gasteiger partial charge in [-0.15, -0.1) is 0 Å². The molecule has 6 nitrogen and oxygen atoms in total. The van der Waals surface area contributed by atoms with Crippen molar-refractivity contribution in [3.63, 3.8) is 0 Å². The minimum atomic E-state index is -0.432. The highest BCUT2D eigenvalue weighted by Gasteiger charge is 2.39. The molecule has 23 heavy (non-hydrogen) atoms. The predicted octanol–water partition coefficient (Wildman–Crippen LogP) is 3.22. The molecule has 0 spiro atoms. The van der Waals surface area contributed by atoms with Gasteiger partial charge in [-0.3, -0.25) is 0 Å². The van der Waals surface area contributed by atoms with E-state index in [1.165, 1.54) is 0 Å². The minimum absolute atomic E-state index is 0.432. The van der Waals surface area contributed by atoms with Crippen LogP contribution >= 0.6 is 11.6 Å². The number of nitrogens with zero attached hydrogens (tertiary/aromatic N) is 4. The molecule has 2 heterocycles. The summed E-state index contributed by atoms with van der Waals surface area (Å²) < 4.78 is 7.20. The van der Waals surface area contributed by atoms with Gasteiger partial charge in [-0.25, -0.2) is 4.68 Å². The smallest absolute Gasteiger partial charge is 0.261 e. The lowest BCUT2D eigenvalue weighted by molar-refractivity contribution is 0.229. The molecule has 0 aliphatic heterocycles. The van der Waals surface area contributed by atoms with Crippen LogP contribution in [0.1, 0.15) is 30.8 Å². The summed E-state index contributed by atoms with van der Waals surface area (Å²) in [7, 11) is 0. The molecular weight excluding hydrogens is 314 g/mol. The Bertz CT molecular complexity index is 865. The molecule has 4 rings (SSSR count). The van der Waals surface area contributed by atoms with Crippen molar-refractivity contribution in [2.24, 2.45) is 5.73 Å². The molecule has 7 heteroatoms. The third-order valence-electron chi connectivity index (χ3n) is 4.41. The third kappa shape index (κ3) is 2.34. The van der Waals surface area contributed by atoms with Crippen molar-refractivity contribution < 1.29 is 4.52 Å². The van der Waals surface area contributed by atoms with E-state index in [0.717, 1.165) is 36.2 Å². The normalized spacial score (nSPS) is 16.3. The Kier molecular flexibility index (Phi) is 3.25. The molecule has 1 aliphatic carbocycles. The molecule has 1 saturated carbocycles. The summed E-state index contributed by atoms with van der Waals surface area (Å²) in [4.78, 5) is 4.48. The van der Waals surface area contributed by atoms with Gasteiger partial charge in [0.05, 0.1) is 28.7 Å². The zero-order valence-corrected chi connectivity index (χ0v) is 13.4. The summed E-state index contributed by atoms with van der Waals surface area (Å²) >= 11 is 6.05. The zero-order chi connectivity index (χ0) is 16.0. The fraction of sp³-hybridized carbons (Fsp3) is 0.312. The van der Waals surface area contributed by atoms with Gasteiger partial charge in [-0.05, 0) is 44.4 Å². The molecule has 0 amide bonds. The second-order valence-corrected chi connectivity index (χ2v) is 6.40. The molecule has 0 unspecified atom stereocenters. The van der Waals surface area contributed by atoms with Crippen molar-refractivity contribution >= 4 is 11.6 Å². The highest BCUT2D eigenvalue weighted by molar-refractivity contribution is 6.30. The van der Waals surface area contributed by atoms with E-state index in [4.69, 9.17) is 21.9 Å². The molecule has 2 N–H and O–H groups in total. The van der Waals surface area contributed by atoms with Crippen LogP contribution < -0.4 is 5.73 Å². The van der Waals surface area contributed by atoms with Gasteiger partial charge >= 0.3 is 0 Å². The number of hydrogen-bond donors (Lipinski definition) is 1. The van der Waals surface area contributed by atoms with Gasteiger partial charge in [0.25, 0.3) is 5.89 Å². The molecule has 1 aromatic carbocycles. The van der Waals surface area contributed by atoms with Crippen LogP contribution in [-0.4, -0.2) is 19.9 Å².